The molecule has 2 aromatic heterocycles. The Hall–Kier alpha value is -3.33. The van der Waals surface area contributed by atoms with Gasteiger partial charge in [-0.2, -0.15) is 14.1 Å². The fraction of sp³-hybridized carbons (Fsp3) is 0.286. The van der Waals surface area contributed by atoms with Gasteiger partial charge < -0.3 is 9.94 Å². The number of carbonyl (C=O) groups is 2. The lowest BCUT2D eigenvalue weighted by Gasteiger charge is -2.35. The van der Waals surface area contributed by atoms with Gasteiger partial charge in [-0.1, -0.05) is 30.3 Å². The van der Waals surface area contributed by atoms with Crippen molar-refractivity contribution in [3.8, 4) is 10.6 Å². The van der Waals surface area contributed by atoms with Crippen LogP contribution in [0.1, 0.15) is 41.6 Å². The topological polar surface area (TPSA) is 108 Å². The molecule has 0 radical (unpaired) electrons. The van der Waals surface area contributed by atoms with Gasteiger partial charge in [0.25, 0.3) is 0 Å². The number of hydrogen-bond acceptors (Lipinski definition) is 7. The van der Waals surface area contributed by atoms with Crippen LogP contribution < -0.4 is 10.0 Å². The molecule has 1 aliphatic carbocycles. The fourth-order valence-corrected chi connectivity index (χ4v) is 4.84. The third-order valence-corrected chi connectivity index (χ3v) is 6.54. The molecule has 0 bridgehead atoms. The molecule has 1 N–H and O–H groups in total. The van der Waals surface area contributed by atoms with E-state index in [4.69, 9.17) is 4.74 Å². The van der Waals surface area contributed by atoms with Crippen molar-refractivity contribution in [2.45, 2.75) is 31.3 Å². The van der Waals surface area contributed by atoms with Crippen LogP contribution in [0.4, 0.5) is 5.95 Å². The third kappa shape index (κ3) is 3.21. The highest BCUT2D eigenvalue weighted by Crippen LogP contribution is 2.47. The van der Waals surface area contributed by atoms with Gasteiger partial charge in [-0.15, -0.1) is 0 Å². The van der Waals surface area contributed by atoms with Gasteiger partial charge in [0.05, 0.1) is 11.1 Å². The Kier molecular flexibility index (Phi) is 4.47. The Balaban J connectivity index is 1.26. The molecule has 5 rings (SSSR count). The Labute approximate surface area is 176 Å². The van der Waals surface area contributed by atoms with Crippen molar-refractivity contribution in [3.63, 3.8) is 0 Å². The molecule has 1 fully saturated rings. The lowest BCUT2D eigenvalue weighted by Crippen LogP contribution is -2.37. The molecular formula is C21H18N4O4S. The van der Waals surface area contributed by atoms with Crippen LogP contribution in [0.25, 0.3) is 10.6 Å². The fourth-order valence-electron chi connectivity index (χ4n) is 4.21. The van der Waals surface area contributed by atoms with Crippen LogP contribution in [-0.4, -0.2) is 21.2 Å². The standard InChI is InChI=1S/C21H18N4O4S/c26-17(22-20-23-18(30-24-20)14-4-2-1-3-5-14)13-6-9-21(10-7-13)16-12-25(28)11-8-15(16)19(27)29-21/h1-5,8,11-13H,6-7,9-10H2,(H,22,24,26)/t13-,21+. The van der Waals surface area contributed by atoms with Crippen molar-refractivity contribution < 1.29 is 19.1 Å². The van der Waals surface area contributed by atoms with Crippen LogP contribution in [0.5, 0.6) is 0 Å². The SMILES string of the molecule is O=C1O[C@]2(CC[C@@H](C(=O)Nc3nsc(-c4ccccc4)n3)CC2)c2c[n+]([O-])ccc21. The number of hydrogen-bond donors (Lipinski definition) is 1. The van der Waals surface area contributed by atoms with Gasteiger partial charge in [-0.05, 0) is 37.2 Å². The van der Waals surface area contributed by atoms with E-state index in [0.717, 1.165) is 10.6 Å². The van der Waals surface area contributed by atoms with Crippen LogP contribution in [0.2, 0.25) is 0 Å². The molecular weight excluding hydrogens is 404 g/mol. The number of nitrogens with one attached hydrogen (secondary N) is 1. The van der Waals surface area contributed by atoms with Crippen molar-refractivity contribution in [2.24, 2.45) is 5.92 Å². The number of benzene rings is 1. The highest BCUT2D eigenvalue weighted by atomic mass is 32.1. The Morgan fingerprint density at radius 3 is 2.77 bits per heavy atom. The number of anilines is 1. The van der Waals surface area contributed by atoms with Crippen molar-refractivity contribution in [1.29, 1.82) is 0 Å². The van der Waals surface area contributed by atoms with E-state index in [0.29, 0.717) is 47.5 Å². The molecule has 2 aliphatic rings. The molecule has 1 spiro atoms. The molecule has 3 aromatic rings. The monoisotopic (exact) mass is 422 g/mol. The summed E-state index contributed by atoms with van der Waals surface area (Å²) < 4.78 is 10.6. The number of amides is 1. The molecule has 152 valence electrons. The first-order valence-electron chi connectivity index (χ1n) is 9.71. The second-order valence-corrected chi connectivity index (χ2v) is 8.32. The minimum absolute atomic E-state index is 0.140. The number of carbonyl (C=O) groups excluding carboxylic acids is 2. The van der Waals surface area contributed by atoms with Crippen molar-refractivity contribution in [3.05, 3.63) is 65.1 Å². The van der Waals surface area contributed by atoms with E-state index in [-0.39, 0.29) is 11.8 Å². The van der Waals surface area contributed by atoms with Gasteiger partial charge in [-0.3, -0.25) is 10.1 Å². The van der Waals surface area contributed by atoms with Crippen molar-refractivity contribution in [2.75, 3.05) is 5.32 Å². The second kappa shape index (κ2) is 7.17. The number of pyridine rings is 1. The number of rotatable bonds is 3. The van der Waals surface area contributed by atoms with Gasteiger partial charge >= 0.3 is 5.97 Å². The lowest BCUT2D eigenvalue weighted by atomic mass is 9.75. The first-order valence-corrected chi connectivity index (χ1v) is 10.5. The largest absolute Gasteiger partial charge is 0.619 e. The molecule has 0 saturated heterocycles. The summed E-state index contributed by atoms with van der Waals surface area (Å²) in [5, 5.41) is 15.3. The minimum Gasteiger partial charge on any atom is -0.619 e. The molecule has 3 heterocycles. The Morgan fingerprint density at radius 2 is 2.00 bits per heavy atom. The number of nitrogens with zero attached hydrogens (tertiary/aromatic N) is 3. The molecule has 0 unspecified atom stereocenters. The van der Waals surface area contributed by atoms with E-state index in [1.807, 2.05) is 30.3 Å². The molecule has 1 amide bonds. The van der Waals surface area contributed by atoms with Crippen molar-refractivity contribution in [1.82, 2.24) is 9.36 Å². The van der Waals surface area contributed by atoms with Gasteiger partial charge in [0.15, 0.2) is 12.4 Å². The maximum atomic E-state index is 12.7. The summed E-state index contributed by atoms with van der Waals surface area (Å²) in [5.74, 6) is -0.480. The van der Waals surface area contributed by atoms with Gasteiger partial charge in [0, 0.05) is 17.5 Å². The van der Waals surface area contributed by atoms with Gasteiger partial charge in [-0.25, -0.2) is 4.79 Å². The van der Waals surface area contributed by atoms with Crippen LogP contribution in [0.15, 0.2) is 48.8 Å². The molecule has 9 heteroatoms. The summed E-state index contributed by atoms with van der Waals surface area (Å²) in [6, 6.07) is 11.2. The zero-order chi connectivity index (χ0) is 20.7. The quantitative estimate of drug-likeness (QED) is 0.395. The first-order chi connectivity index (χ1) is 14.5. The number of fused-ring (bicyclic) bond motifs is 2. The van der Waals surface area contributed by atoms with E-state index in [1.54, 1.807) is 0 Å². The Bertz CT molecular complexity index is 1120. The summed E-state index contributed by atoms with van der Waals surface area (Å²) in [4.78, 5) is 29.3. The van der Waals surface area contributed by atoms with E-state index in [2.05, 4.69) is 14.7 Å². The predicted molar refractivity (Wildman–Crippen MR) is 108 cm³/mol. The van der Waals surface area contributed by atoms with Crippen molar-refractivity contribution >= 4 is 29.4 Å². The van der Waals surface area contributed by atoms with Crippen LogP contribution in [0.3, 0.4) is 0 Å². The molecule has 8 nitrogen and oxygen atoms in total. The third-order valence-electron chi connectivity index (χ3n) is 5.78. The highest BCUT2D eigenvalue weighted by Gasteiger charge is 2.50. The first kappa shape index (κ1) is 18.7. The Morgan fingerprint density at radius 1 is 1.23 bits per heavy atom. The number of aromatic nitrogens is 3. The smallest absolute Gasteiger partial charge is 0.339 e. The predicted octanol–water partition coefficient (Wildman–Crippen LogP) is 3.03. The molecule has 1 aliphatic heterocycles. The van der Waals surface area contributed by atoms with E-state index < -0.39 is 11.6 Å². The molecule has 1 aromatic carbocycles. The number of esters is 1. The number of ether oxygens (including phenoxy) is 1. The molecule has 30 heavy (non-hydrogen) atoms. The van der Waals surface area contributed by atoms with Crippen LogP contribution in [0, 0.1) is 11.1 Å². The average molecular weight is 422 g/mol. The zero-order valence-electron chi connectivity index (χ0n) is 15.9. The summed E-state index contributed by atoms with van der Waals surface area (Å²) in [5.41, 5.74) is 1.20. The second-order valence-electron chi connectivity index (χ2n) is 7.57. The van der Waals surface area contributed by atoms with E-state index >= 15 is 0 Å². The van der Waals surface area contributed by atoms with Crippen LogP contribution >= 0.6 is 11.5 Å². The lowest BCUT2D eigenvalue weighted by molar-refractivity contribution is -0.606. The molecule has 0 atom stereocenters. The minimum atomic E-state index is -0.810. The maximum absolute atomic E-state index is 12.7. The van der Waals surface area contributed by atoms with Crippen LogP contribution in [-0.2, 0) is 15.1 Å². The highest BCUT2D eigenvalue weighted by molar-refractivity contribution is 7.09. The summed E-state index contributed by atoms with van der Waals surface area (Å²) in [6.07, 6.45) is 4.78. The van der Waals surface area contributed by atoms with E-state index in [1.165, 1.54) is 30.0 Å². The van der Waals surface area contributed by atoms with Gasteiger partial charge in [0.1, 0.15) is 10.6 Å². The average Bonchev–Trinajstić information content (AvgIpc) is 3.32. The molecule has 1 saturated carbocycles. The summed E-state index contributed by atoms with van der Waals surface area (Å²) >= 11 is 1.24. The van der Waals surface area contributed by atoms with Gasteiger partial charge in [0.2, 0.25) is 11.9 Å². The van der Waals surface area contributed by atoms with E-state index in [9.17, 15) is 14.8 Å². The maximum Gasteiger partial charge on any atom is 0.339 e. The summed E-state index contributed by atoms with van der Waals surface area (Å²) in [7, 11) is 0. The zero-order valence-corrected chi connectivity index (χ0v) is 16.7. The normalized spacial score (nSPS) is 22.5. The summed E-state index contributed by atoms with van der Waals surface area (Å²) in [6.45, 7) is 0.